The van der Waals surface area contributed by atoms with Crippen molar-refractivity contribution in [1.29, 1.82) is 0 Å². The van der Waals surface area contributed by atoms with E-state index in [1.165, 1.54) is 0 Å². The number of rotatable bonds is 3. The first-order chi connectivity index (χ1) is 12.0. The highest BCUT2D eigenvalue weighted by molar-refractivity contribution is 7.91. The van der Waals surface area contributed by atoms with Crippen molar-refractivity contribution in [3.05, 3.63) is 23.8 Å². The maximum atomic E-state index is 12.5. The molecule has 3 aliphatic rings. The lowest BCUT2D eigenvalue weighted by Crippen LogP contribution is -2.31. The van der Waals surface area contributed by atoms with Crippen molar-refractivity contribution < 1.29 is 22.7 Å². The Morgan fingerprint density at radius 1 is 1.20 bits per heavy atom. The summed E-state index contributed by atoms with van der Waals surface area (Å²) < 4.78 is 34.6. The summed E-state index contributed by atoms with van der Waals surface area (Å²) in [5.74, 6) is 1.84. The number of benzene rings is 1. The van der Waals surface area contributed by atoms with E-state index in [9.17, 15) is 13.2 Å². The Morgan fingerprint density at radius 3 is 2.76 bits per heavy atom. The molecule has 25 heavy (non-hydrogen) atoms. The van der Waals surface area contributed by atoms with E-state index in [2.05, 4.69) is 5.32 Å². The summed E-state index contributed by atoms with van der Waals surface area (Å²) in [6.07, 6.45) is 2.88. The number of sulfone groups is 1. The second kappa shape index (κ2) is 6.20. The zero-order chi connectivity index (χ0) is 17.5. The second-order valence-corrected chi connectivity index (χ2v) is 9.59. The highest BCUT2D eigenvalue weighted by Crippen LogP contribution is 2.59. The van der Waals surface area contributed by atoms with Crippen LogP contribution >= 0.6 is 0 Å². The summed E-state index contributed by atoms with van der Waals surface area (Å²) in [4.78, 5) is 12.5. The summed E-state index contributed by atoms with van der Waals surface area (Å²) in [7, 11) is -2.89. The van der Waals surface area contributed by atoms with Crippen LogP contribution in [0.5, 0.6) is 11.5 Å². The van der Waals surface area contributed by atoms with Crippen molar-refractivity contribution in [3.63, 3.8) is 0 Å². The molecule has 1 atom stereocenters. The molecule has 0 bridgehead atoms. The van der Waals surface area contributed by atoms with Crippen LogP contribution in [0.15, 0.2) is 18.2 Å². The fourth-order valence-electron chi connectivity index (χ4n) is 3.91. The number of carbonyl (C=O) groups is 1. The second-order valence-electron chi connectivity index (χ2n) is 7.28. The Morgan fingerprint density at radius 2 is 1.96 bits per heavy atom. The summed E-state index contributed by atoms with van der Waals surface area (Å²) in [6, 6.07) is 5.72. The highest BCUT2D eigenvalue weighted by Gasteiger charge is 2.59. The van der Waals surface area contributed by atoms with Gasteiger partial charge in [-0.25, -0.2) is 8.42 Å². The summed E-state index contributed by atoms with van der Waals surface area (Å²) in [5, 5.41) is 3.00. The van der Waals surface area contributed by atoms with Gasteiger partial charge in [0.2, 0.25) is 5.91 Å². The highest BCUT2D eigenvalue weighted by atomic mass is 32.2. The third kappa shape index (κ3) is 3.34. The van der Waals surface area contributed by atoms with Gasteiger partial charge in [-0.3, -0.25) is 4.79 Å². The van der Waals surface area contributed by atoms with Gasteiger partial charge in [0.05, 0.1) is 24.7 Å². The number of nitrogens with one attached hydrogen (secondary N) is 1. The molecule has 1 saturated carbocycles. The normalized spacial score (nSPS) is 25.8. The third-order valence-corrected chi connectivity index (χ3v) is 7.29. The molecule has 6 nitrogen and oxygen atoms in total. The van der Waals surface area contributed by atoms with Crippen LogP contribution in [-0.2, 0) is 21.2 Å². The molecule has 1 N–H and O–H groups in total. The first-order valence-corrected chi connectivity index (χ1v) is 10.7. The molecule has 1 amide bonds. The third-order valence-electron chi connectivity index (χ3n) is 5.63. The number of fused-ring (bicyclic) bond motifs is 1. The fourth-order valence-corrected chi connectivity index (χ4v) is 5.55. The standard InChI is InChI=1S/C18H23NO5S/c20-17(14-11-18(14)5-9-25(21,22)10-6-18)19-12-13-3-1-4-15-16(13)24-8-2-7-23-15/h1,3-4,14H,2,5-12H2,(H,19,20)/t14-/m1/s1. The van der Waals surface area contributed by atoms with Crippen LogP contribution < -0.4 is 14.8 Å². The molecule has 2 fully saturated rings. The molecular weight excluding hydrogens is 342 g/mol. The van der Waals surface area contributed by atoms with Crippen LogP contribution in [0.1, 0.15) is 31.2 Å². The number of amides is 1. The van der Waals surface area contributed by atoms with Gasteiger partial charge in [0.15, 0.2) is 11.5 Å². The molecule has 136 valence electrons. The van der Waals surface area contributed by atoms with Crippen molar-refractivity contribution in [3.8, 4) is 11.5 Å². The van der Waals surface area contributed by atoms with Gasteiger partial charge in [0.25, 0.3) is 0 Å². The van der Waals surface area contributed by atoms with Crippen LogP contribution in [0.4, 0.5) is 0 Å². The van der Waals surface area contributed by atoms with E-state index >= 15 is 0 Å². The van der Waals surface area contributed by atoms with E-state index in [1.807, 2.05) is 18.2 Å². The van der Waals surface area contributed by atoms with E-state index in [1.54, 1.807) is 0 Å². The summed E-state index contributed by atoms with van der Waals surface area (Å²) >= 11 is 0. The summed E-state index contributed by atoms with van der Waals surface area (Å²) in [6.45, 7) is 1.64. The van der Waals surface area contributed by atoms with Gasteiger partial charge in [0.1, 0.15) is 9.84 Å². The first-order valence-electron chi connectivity index (χ1n) is 8.85. The van der Waals surface area contributed by atoms with Gasteiger partial charge >= 0.3 is 0 Å². The quantitative estimate of drug-likeness (QED) is 0.881. The van der Waals surface area contributed by atoms with Crippen molar-refractivity contribution in [2.75, 3.05) is 24.7 Å². The SMILES string of the molecule is O=C(NCc1cccc2c1OCCCO2)[C@H]1CC12CCS(=O)(=O)CC2. The zero-order valence-electron chi connectivity index (χ0n) is 14.1. The lowest BCUT2D eigenvalue weighted by molar-refractivity contribution is -0.123. The molecule has 0 aromatic heterocycles. The van der Waals surface area contributed by atoms with E-state index in [0.717, 1.165) is 29.9 Å². The Kier molecular flexibility index (Phi) is 4.14. The molecule has 1 saturated heterocycles. The molecule has 1 spiro atoms. The summed E-state index contributed by atoms with van der Waals surface area (Å²) in [5.41, 5.74) is 0.830. The molecular formula is C18H23NO5S. The predicted octanol–water partition coefficient (Wildman–Crippen LogP) is 1.68. The molecule has 7 heteroatoms. The smallest absolute Gasteiger partial charge is 0.223 e. The van der Waals surface area contributed by atoms with E-state index < -0.39 is 9.84 Å². The minimum atomic E-state index is -2.89. The van der Waals surface area contributed by atoms with Gasteiger partial charge in [-0.05, 0) is 30.7 Å². The monoisotopic (exact) mass is 365 g/mol. The van der Waals surface area contributed by atoms with E-state index in [-0.39, 0.29) is 28.7 Å². The van der Waals surface area contributed by atoms with Gasteiger partial charge in [-0.15, -0.1) is 0 Å². The lowest BCUT2D eigenvalue weighted by atomic mass is 9.96. The molecule has 1 aliphatic carbocycles. The van der Waals surface area contributed by atoms with Gasteiger partial charge < -0.3 is 14.8 Å². The molecule has 4 rings (SSSR count). The topological polar surface area (TPSA) is 81.7 Å². The van der Waals surface area contributed by atoms with Crippen LogP contribution in [0.2, 0.25) is 0 Å². The number of ether oxygens (including phenoxy) is 2. The number of hydrogen-bond donors (Lipinski definition) is 1. The maximum absolute atomic E-state index is 12.5. The predicted molar refractivity (Wildman–Crippen MR) is 92.3 cm³/mol. The average molecular weight is 365 g/mol. The minimum absolute atomic E-state index is 0.0199. The van der Waals surface area contributed by atoms with Crippen LogP contribution in [0, 0.1) is 11.3 Å². The largest absolute Gasteiger partial charge is 0.490 e. The fraction of sp³-hybridized carbons (Fsp3) is 0.611. The Labute approximate surface area is 147 Å². The Hall–Kier alpha value is -1.76. The number of para-hydroxylation sites is 1. The Balaban J connectivity index is 1.38. The average Bonchev–Trinajstić information content (AvgIpc) is 3.35. The van der Waals surface area contributed by atoms with Crippen LogP contribution in [0.3, 0.4) is 0 Å². The van der Waals surface area contributed by atoms with E-state index in [0.29, 0.717) is 32.6 Å². The molecule has 1 aromatic carbocycles. The minimum Gasteiger partial charge on any atom is -0.490 e. The van der Waals surface area contributed by atoms with Gasteiger partial charge in [-0.2, -0.15) is 0 Å². The number of carbonyl (C=O) groups excluding carboxylic acids is 1. The van der Waals surface area contributed by atoms with Crippen LogP contribution in [0.25, 0.3) is 0 Å². The van der Waals surface area contributed by atoms with Crippen molar-refractivity contribution in [2.24, 2.45) is 11.3 Å². The molecule has 2 aliphatic heterocycles. The molecule has 1 aromatic rings. The maximum Gasteiger partial charge on any atom is 0.223 e. The Bertz CT molecular complexity index is 775. The first kappa shape index (κ1) is 16.7. The lowest BCUT2D eigenvalue weighted by Gasteiger charge is -2.22. The van der Waals surface area contributed by atoms with Crippen LogP contribution in [-0.4, -0.2) is 39.0 Å². The van der Waals surface area contributed by atoms with Crippen molar-refractivity contribution in [1.82, 2.24) is 5.32 Å². The molecule has 2 heterocycles. The molecule has 0 radical (unpaired) electrons. The zero-order valence-corrected chi connectivity index (χ0v) is 14.9. The number of hydrogen-bond acceptors (Lipinski definition) is 5. The van der Waals surface area contributed by atoms with Gasteiger partial charge in [-0.1, -0.05) is 12.1 Å². The van der Waals surface area contributed by atoms with E-state index in [4.69, 9.17) is 9.47 Å². The van der Waals surface area contributed by atoms with Crippen molar-refractivity contribution in [2.45, 2.75) is 32.2 Å². The van der Waals surface area contributed by atoms with Gasteiger partial charge in [0, 0.05) is 24.4 Å². The van der Waals surface area contributed by atoms with Crippen molar-refractivity contribution >= 4 is 15.7 Å². The molecule has 0 unspecified atom stereocenters.